The molecule has 1 aromatic heterocycles. The summed E-state index contributed by atoms with van der Waals surface area (Å²) in [5.74, 6) is -0.0454. The molecule has 5 nitrogen and oxygen atoms in total. The number of carbonyl (C=O) groups excluding carboxylic acids is 1. The summed E-state index contributed by atoms with van der Waals surface area (Å²) < 4.78 is 1.65. The number of hydrogen-bond acceptors (Lipinski definition) is 3. The Morgan fingerprint density at radius 2 is 2.09 bits per heavy atom. The Morgan fingerprint density at radius 1 is 1.35 bits per heavy atom. The summed E-state index contributed by atoms with van der Waals surface area (Å²) in [6, 6.07) is 7.45. The van der Waals surface area contributed by atoms with E-state index in [0.717, 1.165) is 16.9 Å². The van der Waals surface area contributed by atoms with Crippen molar-refractivity contribution in [2.75, 3.05) is 6.54 Å². The van der Waals surface area contributed by atoms with Gasteiger partial charge in [0, 0.05) is 23.2 Å². The molecule has 2 rings (SSSR count). The minimum atomic E-state index is -0.0454. The highest BCUT2D eigenvalue weighted by molar-refractivity contribution is 6.31. The summed E-state index contributed by atoms with van der Waals surface area (Å²) in [6.07, 6.45) is 0. The van der Waals surface area contributed by atoms with Gasteiger partial charge in [-0.3, -0.25) is 4.79 Å². The quantitative estimate of drug-likeness (QED) is 0.837. The minimum Gasteiger partial charge on any atom is -0.353 e. The minimum absolute atomic E-state index is 0.0454. The third kappa shape index (κ3) is 4.70. The molecule has 0 spiro atoms. The number of nitrogens with one attached hydrogen (secondary N) is 2. The van der Waals surface area contributed by atoms with Crippen LogP contribution in [0.15, 0.2) is 24.3 Å². The van der Waals surface area contributed by atoms with E-state index in [4.69, 9.17) is 23.2 Å². The molecule has 1 heterocycles. The smallest absolute Gasteiger partial charge is 0.234 e. The maximum Gasteiger partial charge on any atom is 0.234 e. The van der Waals surface area contributed by atoms with Crippen molar-refractivity contribution in [3.63, 3.8) is 0 Å². The van der Waals surface area contributed by atoms with Gasteiger partial charge in [0.1, 0.15) is 5.15 Å². The van der Waals surface area contributed by atoms with Gasteiger partial charge in [0.15, 0.2) is 0 Å². The van der Waals surface area contributed by atoms with Crippen LogP contribution in [0.1, 0.15) is 25.1 Å². The second-order valence-corrected chi connectivity index (χ2v) is 6.37. The van der Waals surface area contributed by atoms with Gasteiger partial charge in [-0.15, -0.1) is 0 Å². The molecule has 124 valence electrons. The molecule has 0 aliphatic heterocycles. The lowest BCUT2D eigenvalue weighted by Gasteiger charge is -2.09. The lowest BCUT2D eigenvalue weighted by Crippen LogP contribution is -2.37. The summed E-state index contributed by atoms with van der Waals surface area (Å²) in [5.41, 5.74) is 2.48. The van der Waals surface area contributed by atoms with Crippen molar-refractivity contribution in [2.24, 2.45) is 0 Å². The highest BCUT2D eigenvalue weighted by Crippen LogP contribution is 2.24. The van der Waals surface area contributed by atoms with Crippen molar-refractivity contribution in [3.05, 3.63) is 45.7 Å². The first-order valence-electron chi connectivity index (χ1n) is 7.38. The van der Waals surface area contributed by atoms with E-state index in [9.17, 15) is 4.79 Å². The highest BCUT2D eigenvalue weighted by Gasteiger charge is 2.15. The first-order chi connectivity index (χ1) is 10.9. The highest BCUT2D eigenvalue weighted by atomic mass is 35.5. The van der Waals surface area contributed by atoms with Crippen molar-refractivity contribution in [2.45, 2.75) is 33.4 Å². The topological polar surface area (TPSA) is 59.0 Å². The van der Waals surface area contributed by atoms with E-state index in [-0.39, 0.29) is 18.5 Å². The van der Waals surface area contributed by atoms with E-state index in [1.807, 2.05) is 32.9 Å². The third-order valence-electron chi connectivity index (χ3n) is 3.21. The van der Waals surface area contributed by atoms with E-state index in [2.05, 4.69) is 15.7 Å². The Kier molecular flexibility index (Phi) is 6.04. The fourth-order valence-electron chi connectivity index (χ4n) is 2.19. The van der Waals surface area contributed by atoms with Gasteiger partial charge in [0.2, 0.25) is 5.91 Å². The molecule has 0 bridgehead atoms. The van der Waals surface area contributed by atoms with Crippen LogP contribution in [0, 0.1) is 6.92 Å². The maximum absolute atomic E-state index is 11.6. The monoisotopic (exact) mass is 354 g/mol. The van der Waals surface area contributed by atoms with Crippen LogP contribution in [0.2, 0.25) is 10.2 Å². The lowest BCUT2D eigenvalue weighted by atomic mass is 10.2. The summed E-state index contributed by atoms with van der Waals surface area (Å²) in [5, 5.41) is 11.5. The van der Waals surface area contributed by atoms with Gasteiger partial charge >= 0.3 is 0 Å². The number of rotatable bonds is 6. The molecule has 0 unspecified atom stereocenters. The number of benzene rings is 1. The largest absolute Gasteiger partial charge is 0.353 e. The molecule has 0 radical (unpaired) electrons. The normalized spacial score (nSPS) is 11.0. The third-order valence-corrected chi connectivity index (χ3v) is 3.83. The van der Waals surface area contributed by atoms with Gasteiger partial charge in [-0.2, -0.15) is 5.10 Å². The molecule has 2 aromatic rings. The van der Waals surface area contributed by atoms with Crippen molar-refractivity contribution in [1.29, 1.82) is 0 Å². The van der Waals surface area contributed by atoms with Crippen LogP contribution in [0.4, 0.5) is 0 Å². The van der Waals surface area contributed by atoms with Crippen molar-refractivity contribution in [1.82, 2.24) is 20.4 Å². The molecule has 23 heavy (non-hydrogen) atoms. The summed E-state index contributed by atoms with van der Waals surface area (Å²) in [4.78, 5) is 11.6. The van der Waals surface area contributed by atoms with Crippen LogP contribution in [0.25, 0.3) is 5.69 Å². The summed E-state index contributed by atoms with van der Waals surface area (Å²) in [7, 11) is 0. The molecule has 0 aliphatic rings. The Bertz CT molecular complexity index is 697. The summed E-state index contributed by atoms with van der Waals surface area (Å²) >= 11 is 12.4. The Hall–Kier alpha value is -1.56. The Morgan fingerprint density at radius 3 is 2.74 bits per heavy atom. The Labute approximate surface area is 146 Å². The Balaban J connectivity index is 2.08. The van der Waals surface area contributed by atoms with Crippen LogP contribution in [-0.4, -0.2) is 28.3 Å². The second kappa shape index (κ2) is 7.81. The molecule has 2 N–H and O–H groups in total. The molecule has 1 amide bonds. The predicted molar refractivity (Wildman–Crippen MR) is 93.3 cm³/mol. The number of aryl methyl sites for hydroxylation is 1. The van der Waals surface area contributed by atoms with Crippen LogP contribution >= 0.6 is 23.2 Å². The number of carbonyl (C=O) groups is 1. The van der Waals surface area contributed by atoms with Gasteiger partial charge in [-0.25, -0.2) is 4.68 Å². The molecule has 0 saturated carbocycles. The number of hydrogen-bond donors (Lipinski definition) is 2. The fourth-order valence-corrected chi connectivity index (χ4v) is 2.71. The van der Waals surface area contributed by atoms with E-state index in [0.29, 0.717) is 16.7 Å². The molecule has 0 aliphatic carbocycles. The zero-order chi connectivity index (χ0) is 17.0. The maximum atomic E-state index is 11.6. The van der Waals surface area contributed by atoms with Crippen molar-refractivity contribution < 1.29 is 4.79 Å². The standard InChI is InChI=1S/C16H20Cl2N4O/c1-10(2)20-15(23)9-19-8-14-11(3)21-22(16(14)18)13-6-4-5-12(17)7-13/h4-7,10,19H,8-9H2,1-3H3,(H,20,23). The van der Waals surface area contributed by atoms with Gasteiger partial charge in [0.25, 0.3) is 0 Å². The van der Waals surface area contributed by atoms with Crippen LogP contribution in [-0.2, 0) is 11.3 Å². The van der Waals surface area contributed by atoms with Crippen molar-refractivity contribution in [3.8, 4) is 5.69 Å². The summed E-state index contributed by atoms with van der Waals surface area (Å²) in [6.45, 7) is 6.44. The van der Waals surface area contributed by atoms with E-state index in [1.54, 1.807) is 16.8 Å². The molecule has 7 heteroatoms. The van der Waals surface area contributed by atoms with Crippen LogP contribution < -0.4 is 10.6 Å². The van der Waals surface area contributed by atoms with Crippen LogP contribution in [0.3, 0.4) is 0 Å². The average molecular weight is 355 g/mol. The predicted octanol–water partition coefficient (Wildman–Crippen LogP) is 3.10. The van der Waals surface area contributed by atoms with Crippen LogP contribution in [0.5, 0.6) is 0 Å². The molecule has 0 fully saturated rings. The van der Waals surface area contributed by atoms with Gasteiger partial charge in [-0.05, 0) is 39.0 Å². The first-order valence-corrected chi connectivity index (χ1v) is 8.14. The van der Waals surface area contributed by atoms with Crippen molar-refractivity contribution >= 4 is 29.1 Å². The molecule has 0 atom stereocenters. The molecule has 0 saturated heterocycles. The van der Waals surface area contributed by atoms with E-state index < -0.39 is 0 Å². The lowest BCUT2D eigenvalue weighted by molar-refractivity contribution is -0.120. The van der Waals surface area contributed by atoms with Gasteiger partial charge < -0.3 is 10.6 Å². The zero-order valence-corrected chi connectivity index (χ0v) is 14.9. The average Bonchev–Trinajstić information content (AvgIpc) is 2.74. The number of amides is 1. The zero-order valence-electron chi connectivity index (χ0n) is 13.4. The van der Waals surface area contributed by atoms with E-state index in [1.165, 1.54) is 0 Å². The SMILES string of the molecule is Cc1nn(-c2cccc(Cl)c2)c(Cl)c1CNCC(=O)NC(C)C. The number of halogens is 2. The molecular weight excluding hydrogens is 335 g/mol. The van der Waals surface area contributed by atoms with Gasteiger partial charge in [0.05, 0.1) is 17.9 Å². The molecule has 1 aromatic carbocycles. The fraction of sp³-hybridized carbons (Fsp3) is 0.375. The van der Waals surface area contributed by atoms with E-state index >= 15 is 0 Å². The second-order valence-electron chi connectivity index (χ2n) is 5.57. The first kappa shape index (κ1) is 17.8. The number of nitrogens with zero attached hydrogens (tertiary/aromatic N) is 2. The van der Waals surface area contributed by atoms with Gasteiger partial charge in [-0.1, -0.05) is 29.3 Å². The molecular formula is C16H20Cl2N4O. The number of aromatic nitrogens is 2.